The van der Waals surface area contributed by atoms with Crippen molar-refractivity contribution in [2.75, 3.05) is 26.9 Å². The lowest BCUT2D eigenvalue weighted by atomic mass is 9.84. The largest absolute Gasteiger partial charge is 0.494 e. The molecule has 2 atom stereocenters. The van der Waals surface area contributed by atoms with Crippen molar-refractivity contribution in [2.45, 2.75) is 96.3 Å². The number of alkyl halides is 3. The zero-order chi connectivity index (χ0) is 30.9. The summed E-state index contributed by atoms with van der Waals surface area (Å²) in [4.78, 5) is 11.9. The van der Waals surface area contributed by atoms with Crippen LogP contribution in [0.5, 0.6) is 11.5 Å². The topological polar surface area (TPSA) is 54.0 Å². The molecule has 0 N–H and O–H groups in total. The predicted molar refractivity (Wildman–Crippen MR) is 163 cm³/mol. The van der Waals surface area contributed by atoms with Crippen LogP contribution in [0.25, 0.3) is 6.08 Å². The van der Waals surface area contributed by atoms with Gasteiger partial charge in [-0.05, 0) is 78.6 Å². The summed E-state index contributed by atoms with van der Waals surface area (Å²) in [5.41, 5.74) is 3.36. The molecule has 1 aliphatic carbocycles. The monoisotopic (exact) mass is 604 g/mol. The molecule has 0 spiro atoms. The van der Waals surface area contributed by atoms with E-state index < -0.39 is 24.7 Å². The summed E-state index contributed by atoms with van der Waals surface area (Å²) in [5.74, 6) is 1.01. The van der Waals surface area contributed by atoms with E-state index in [0.717, 1.165) is 44.1 Å². The normalized spacial score (nSPS) is 15.7. The second-order valence-electron chi connectivity index (χ2n) is 11.3. The molecule has 0 radical (unpaired) electrons. The molecule has 0 fully saturated rings. The number of methoxy groups -OCH3 is 1. The second-order valence-corrected chi connectivity index (χ2v) is 11.3. The number of ether oxygens (including phenoxy) is 4. The van der Waals surface area contributed by atoms with Gasteiger partial charge in [-0.25, -0.2) is 4.79 Å². The molecule has 2 aromatic carbocycles. The number of hydrogen-bond donors (Lipinski definition) is 0. The molecule has 43 heavy (non-hydrogen) atoms. The Balaban J connectivity index is 1.37. The van der Waals surface area contributed by atoms with E-state index in [1.165, 1.54) is 69.3 Å². The Bertz CT molecular complexity index is 1110. The fourth-order valence-corrected chi connectivity index (χ4v) is 5.21. The van der Waals surface area contributed by atoms with E-state index in [0.29, 0.717) is 23.8 Å². The van der Waals surface area contributed by atoms with Gasteiger partial charge < -0.3 is 18.9 Å². The number of carbonyl (C=O) groups is 1. The van der Waals surface area contributed by atoms with Crippen LogP contribution >= 0.6 is 0 Å². The molecule has 0 heterocycles. The van der Waals surface area contributed by atoms with Gasteiger partial charge in [-0.1, -0.05) is 70.1 Å². The molecule has 2 aromatic rings. The van der Waals surface area contributed by atoms with E-state index >= 15 is 0 Å². The Kier molecular flexibility index (Phi) is 14.9. The lowest BCUT2D eigenvalue weighted by Gasteiger charge is -2.25. The maximum atomic E-state index is 13.0. The molecule has 3 rings (SSSR count). The third-order valence-corrected chi connectivity index (χ3v) is 7.76. The van der Waals surface area contributed by atoms with Gasteiger partial charge in [0.15, 0.2) is 6.10 Å². The molecule has 0 bridgehead atoms. The molecular weight excluding hydrogens is 557 g/mol. The van der Waals surface area contributed by atoms with Crippen LogP contribution in [-0.4, -0.2) is 45.2 Å². The Labute approximate surface area is 254 Å². The fraction of sp³-hybridized carbons (Fsp3) is 0.571. The number of halogens is 3. The van der Waals surface area contributed by atoms with Crippen molar-refractivity contribution >= 4 is 12.0 Å². The number of rotatable bonds is 19. The minimum atomic E-state index is -4.65. The highest BCUT2D eigenvalue weighted by Crippen LogP contribution is 2.30. The minimum absolute atomic E-state index is 0.161. The lowest BCUT2D eigenvalue weighted by Crippen LogP contribution is -2.34. The summed E-state index contributed by atoms with van der Waals surface area (Å²) in [7, 11) is 1.29. The van der Waals surface area contributed by atoms with Gasteiger partial charge in [0.05, 0.1) is 19.8 Å². The first-order valence-electron chi connectivity index (χ1n) is 15.7. The highest BCUT2D eigenvalue weighted by molar-refractivity contribution is 5.87. The third-order valence-electron chi connectivity index (χ3n) is 7.76. The average Bonchev–Trinajstić information content (AvgIpc) is 3.00. The van der Waals surface area contributed by atoms with E-state index in [1.54, 1.807) is 24.3 Å². The maximum absolute atomic E-state index is 13.0. The van der Waals surface area contributed by atoms with E-state index in [2.05, 4.69) is 34.6 Å². The van der Waals surface area contributed by atoms with Crippen LogP contribution in [0.2, 0.25) is 0 Å². The SMILES string of the molecule is CCCCCCCCCCOc1ccc2c(c1)CCC(COc1ccc(C=CC(=O)OC(CCOC)C(F)(F)F)cc1)C2. The minimum Gasteiger partial charge on any atom is -0.494 e. The fourth-order valence-electron chi connectivity index (χ4n) is 5.21. The smallest absolute Gasteiger partial charge is 0.425 e. The van der Waals surface area contributed by atoms with Crippen LogP contribution < -0.4 is 9.47 Å². The van der Waals surface area contributed by atoms with Crippen LogP contribution in [0.3, 0.4) is 0 Å². The van der Waals surface area contributed by atoms with Gasteiger partial charge in [0, 0.05) is 19.6 Å². The lowest BCUT2D eigenvalue weighted by molar-refractivity contribution is -0.221. The molecule has 0 aliphatic heterocycles. The molecule has 1 aliphatic rings. The van der Waals surface area contributed by atoms with Crippen molar-refractivity contribution in [3.8, 4) is 11.5 Å². The third kappa shape index (κ3) is 13.0. The van der Waals surface area contributed by atoms with E-state index in [4.69, 9.17) is 9.47 Å². The van der Waals surface area contributed by atoms with Crippen LogP contribution in [0.1, 0.15) is 87.8 Å². The van der Waals surface area contributed by atoms with Crippen molar-refractivity contribution in [3.63, 3.8) is 0 Å². The van der Waals surface area contributed by atoms with E-state index in [9.17, 15) is 18.0 Å². The summed E-state index contributed by atoms with van der Waals surface area (Å²) in [5, 5.41) is 0. The second kappa shape index (κ2) is 18.6. The number of esters is 1. The highest BCUT2D eigenvalue weighted by Gasteiger charge is 2.42. The number of hydrogen-bond acceptors (Lipinski definition) is 5. The van der Waals surface area contributed by atoms with Gasteiger partial charge in [-0.3, -0.25) is 0 Å². The van der Waals surface area contributed by atoms with E-state index in [1.807, 2.05) is 0 Å². The van der Waals surface area contributed by atoms with E-state index in [-0.39, 0.29) is 6.61 Å². The zero-order valence-electron chi connectivity index (χ0n) is 25.6. The van der Waals surface area contributed by atoms with Gasteiger partial charge in [0.25, 0.3) is 0 Å². The van der Waals surface area contributed by atoms with Crippen molar-refractivity contribution in [3.05, 3.63) is 65.2 Å². The summed E-state index contributed by atoms with van der Waals surface area (Å²) < 4.78 is 60.4. The van der Waals surface area contributed by atoms with Gasteiger partial charge in [-0.15, -0.1) is 0 Å². The van der Waals surface area contributed by atoms with Crippen LogP contribution in [0.15, 0.2) is 48.5 Å². The first-order chi connectivity index (χ1) is 20.8. The Morgan fingerprint density at radius 3 is 2.30 bits per heavy atom. The molecule has 0 saturated heterocycles. The predicted octanol–water partition coefficient (Wildman–Crippen LogP) is 8.91. The number of aryl methyl sites for hydroxylation is 1. The summed E-state index contributed by atoms with van der Waals surface area (Å²) in [6.07, 6.45) is 8.43. The van der Waals surface area contributed by atoms with Crippen LogP contribution in [0, 0.1) is 5.92 Å². The zero-order valence-corrected chi connectivity index (χ0v) is 25.6. The maximum Gasteiger partial charge on any atom is 0.425 e. The average molecular weight is 605 g/mol. The number of benzene rings is 2. The molecule has 8 heteroatoms. The molecule has 238 valence electrons. The van der Waals surface area contributed by atoms with Gasteiger partial charge in [0.1, 0.15) is 11.5 Å². The van der Waals surface area contributed by atoms with Crippen molar-refractivity contribution in [1.82, 2.24) is 0 Å². The molecule has 0 amide bonds. The summed E-state index contributed by atoms with van der Waals surface area (Å²) in [6, 6.07) is 13.5. The van der Waals surface area contributed by atoms with Gasteiger partial charge >= 0.3 is 12.1 Å². The Morgan fingerprint density at radius 1 is 0.907 bits per heavy atom. The molecule has 0 aromatic heterocycles. The molecule has 5 nitrogen and oxygen atoms in total. The molecule has 2 unspecified atom stereocenters. The van der Waals surface area contributed by atoms with Crippen LogP contribution in [0.4, 0.5) is 13.2 Å². The number of carbonyl (C=O) groups excluding carboxylic acids is 1. The van der Waals surface area contributed by atoms with Gasteiger partial charge in [0.2, 0.25) is 0 Å². The van der Waals surface area contributed by atoms with Gasteiger partial charge in [-0.2, -0.15) is 13.2 Å². The van der Waals surface area contributed by atoms with Crippen molar-refractivity contribution < 1.29 is 36.9 Å². The highest BCUT2D eigenvalue weighted by atomic mass is 19.4. The van der Waals surface area contributed by atoms with Crippen LogP contribution in [-0.2, 0) is 27.1 Å². The Morgan fingerprint density at radius 2 is 1.60 bits per heavy atom. The van der Waals surface area contributed by atoms with Crippen molar-refractivity contribution in [1.29, 1.82) is 0 Å². The quantitative estimate of drug-likeness (QED) is 0.0911. The Hall–Kier alpha value is -3.00. The summed E-state index contributed by atoms with van der Waals surface area (Å²) in [6.45, 7) is 3.46. The first-order valence-corrected chi connectivity index (χ1v) is 15.7. The van der Waals surface area contributed by atoms with Crippen molar-refractivity contribution in [2.24, 2.45) is 5.92 Å². The first kappa shape index (κ1) is 34.5. The molecule has 0 saturated carbocycles. The standard InChI is InChI=1S/C35H47F3O5/c1-3-4-5-6-7-8-9-10-22-41-32-19-16-29-24-28(11-15-30(29)25-32)26-42-31-17-12-27(13-18-31)14-20-34(39)43-33(21-23-40-2)35(36,37)38/h12-14,16-20,25,28,33H,3-11,15,21-24,26H2,1-2H3. The number of unbranched alkanes of at least 4 members (excludes halogenated alkanes) is 7. The summed E-state index contributed by atoms with van der Waals surface area (Å²) >= 11 is 0. The number of fused-ring (bicyclic) bond motifs is 1. The molecular formula is C35H47F3O5.